The maximum absolute atomic E-state index is 12.6. The van der Waals surface area contributed by atoms with E-state index in [1.54, 1.807) is 33.7 Å². The van der Waals surface area contributed by atoms with Crippen LogP contribution in [0.2, 0.25) is 0 Å². The van der Waals surface area contributed by atoms with Gasteiger partial charge in [-0.2, -0.15) is 0 Å². The molecule has 1 amide bonds. The molecule has 0 atom stereocenters. The van der Waals surface area contributed by atoms with Crippen LogP contribution in [0.5, 0.6) is 17.2 Å². The number of nitrogens with zero attached hydrogens (tertiary/aromatic N) is 1. The number of carbonyl (C=O) groups is 1. The summed E-state index contributed by atoms with van der Waals surface area (Å²) in [5, 5.41) is 3.88. The van der Waals surface area contributed by atoms with Gasteiger partial charge < -0.3 is 28.7 Å². The summed E-state index contributed by atoms with van der Waals surface area (Å²) in [4.78, 5) is 15.0. The second-order valence-electron chi connectivity index (χ2n) is 8.69. The minimum absolute atomic E-state index is 0.126. The van der Waals surface area contributed by atoms with Crippen LogP contribution in [-0.4, -0.2) is 71.5 Å². The number of fused-ring (bicyclic) bond motifs is 1. The Morgan fingerprint density at radius 2 is 1.81 bits per heavy atom. The quantitative estimate of drug-likeness (QED) is 0.331. The van der Waals surface area contributed by atoms with Crippen LogP contribution < -0.4 is 19.5 Å². The number of ether oxygens (including phenoxy) is 4. The average Bonchev–Trinajstić information content (AvgIpc) is 3.33. The molecule has 1 fully saturated rings. The molecule has 1 saturated heterocycles. The lowest BCUT2D eigenvalue weighted by Gasteiger charge is -2.26. The first-order valence-corrected chi connectivity index (χ1v) is 12.1. The second-order valence-corrected chi connectivity index (χ2v) is 8.69. The van der Waals surface area contributed by atoms with Gasteiger partial charge in [0.15, 0.2) is 0 Å². The first-order chi connectivity index (χ1) is 17.5. The van der Waals surface area contributed by atoms with E-state index in [9.17, 15) is 4.79 Å². The molecule has 4 rings (SSSR count). The van der Waals surface area contributed by atoms with Crippen molar-refractivity contribution in [1.29, 1.82) is 0 Å². The summed E-state index contributed by atoms with van der Waals surface area (Å²) in [6.07, 6.45) is 4.21. The van der Waals surface area contributed by atoms with Gasteiger partial charge in [-0.05, 0) is 49.7 Å². The third kappa shape index (κ3) is 5.83. The van der Waals surface area contributed by atoms with Crippen molar-refractivity contribution in [3.8, 4) is 28.4 Å². The Morgan fingerprint density at radius 3 is 2.53 bits per heavy atom. The van der Waals surface area contributed by atoms with E-state index in [2.05, 4.69) is 10.2 Å². The topological polar surface area (TPSA) is 82.4 Å². The van der Waals surface area contributed by atoms with E-state index in [1.807, 2.05) is 37.3 Å². The highest BCUT2D eigenvalue weighted by Gasteiger charge is 2.18. The molecule has 1 N–H and O–H groups in total. The maximum Gasteiger partial charge on any atom is 0.244 e. The average molecular weight is 495 g/mol. The standard InChI is InChI=1S/C28H34N2O6/c1-19(14-28(31)29-8-5-9-30-10-12-35-13-11-30)21-16-23-24(18-36-27(23)17-26(21)34-4)22-15-20(32-2)6-7-25(22)33-3/h6-7,14-18H,5,8-13H2,1-4H3,(H,29,31)/b19-14+. The summed E-state index contributed by atoms with van der Waals surface area (Å²) in [5.74, 6) is 1.93. The molecule has 36 heavy (non-hydrogen) atoms. The minimum atomic E-state index is -0.126. The van der Waals surface area contributed by atoms with Gasteiger partial charge in [0.05, 0.1) is 40.8 Å². The molecule has 0 spiro atoms. The van der Waals surface area contributed by atoms with Crippen molar-refractivity contribution < 1.29 is 28.2 Å². The number of nitrogens with one attached hydrogen (secondary N) is 1. The number of allylic oxidation sites excluding steroid dienone is 1. The fraction of sp³-hybridized carbons (Fsp3) is 0.393. The van der Waals surface area contributed by atoms with Crippen molar-refractivity contribution in [2.24, 2.45) is 0 Å². The Bertz CT molecular complexity index is 1230. The lowest BCUT2D eigenvalue weighted by Crippen LogP contribution is -2.38. The van der Waals surface area contributed by atoms with Crippen LogP contribution in [0.3, 0.4) is 0 Å². The molecule has 0 unspecified atom stereocenters. The van der Waals surface area contributed by atoms with Crippen LogP contribution in [0.25, 0.3) is 27.7 Å². The van der Waals surface area contributed by atoms with Crippen molar-refractivity contribution in [2.75, 3.05) is 60.7 Å². The van der Waals surface area contributed by atoms with Crippen LogP contribution in [0.15, 0.2) is 47.1 Å². The zero-order valence-electron chi connectivity index (χ0n) is 21.4. The molecule has 192 valence electrons. The van der Waals surface area contributed by atoms with Gasteiger partial charge in [-0.15, -0.1) is 0 Å². The largest absolute Gasteiger partial charge is 0.497 e. The summed E-state index contributed by atoms with van der Waals surface area (Å²) >= 11 is 0. The van der Waals surface area contributed by atoms with Gasteiger partial charge in [0.25, 0.3) is 0 Å². The van der Waals surface area contributed by atoms with E-state index in [1.165, 1.54) is 0 Å². The molecule has 8 heteroatoms. The summed E-state index contributed by atoms with van der Waals surface area (Å²) in [5.41, 5.74) is 4.01. The van der Waals surface area contributed by atoms with E-state index in [0.717, 1.165) is 72.7 Å². The molecule has 1 aliphatic heterocycles. The van der Waals surface area contributed by atoms with Crippen LogP contribution in [0.1, 0.15) is 18.9 Å². The number of benzene rings is 2. The number of rotatable bonds is 10. The smallest absolute Gasteiger partial charge is 0.244 e. The van der Waals surface area contributed by atoms with Gasteiger partial charge in [-0.25, -0.2) is 0 Å². The van der Waals surface area contributed by atoms with Gasteiger partial charge >= 0.3 is 0 Å². The molecule has 0 saturated carbocycles. The summed E-state index contributed by atoms with van der Waals surface area (Å²) in [7, 11) is 4.87. The lowest BCUT2D eigenvalue weighted by molar-refractivity contribution is -0.116. The second kappa shape index (κ2) is 12.0. The van der Waals surface area contributed by atoms with Crippen molar-refractivity contribution in [2.45, 2.75) is 13.3 Å². The molecule has 3 aromatic rings. The Kier molecular flexibility index (Phi) is 8.51. The fourth-order valence-electron chi connectivity index (χ4n) is 4.43. The zero-order valence-corrected chi connectivity index (χ0v) is 21.4. The van der Waals surface area contributed by atoms with Crippen molar-refractivity contribution in [3.63, 3.8) is 0 Å². The summed E-state index contributed by atoms with van der Waals surface area (Å²) in [6, 6.07) is 9.47. The molecule has 0 aliphatic carbocycles. The van der Waals surface area contributed by atoms with E-state index >= 15 is 0 Å². The molecule has 2 aromatic carbocycles. The molecule has 1 aliphatic rings. The number of carbonyl (C=O) groups excluding carboxylic acids is 1. The highest BCUT2D eigenvalue weighted by atomic mass is 16.5. The van der Waals surface area contributed by atoms with Crippen molar-refractivity contribution >= 4 is 22.4 Å². The molecule has 0 bridgehead atoms. The number of hydrogen-bond donors (Lipinski definition) is 1. The normalized spacial score (nSPS) is 14.6. The number of amides is 1. The summed E-state index contributed by atoms with van der Waals surface area (Å²) < 4.78 is 27.9. The van der Waals surface area contributed by atoms with E-state index in [0.29, 0.717) is 23.6 Å². The number of morpholine rings is 1. The van der Waals surface area contributed by atoms with Gasteiger partial charge in [0.2, 0.25) is 5.91 Å². The lowest BCUT2D eigenvalue weighted by atomic mass is 9.98. The Labute approximate surface area is 211 Å². The van der Waals surface area contributed by atoms with Crippen molar-refractivity contribution in [1.82, 2.24) is 10.2 Å². The minimum Gasteiger partial charge on any atom is -0.497 e. The van der Waals surface area contributed by atoms with Crippen LogP contribution >= 0.6 is 0 Å². The predicted octanol–water partition coefficient (Wildman–Crippen LogP) is 4.37. The Balaban J connectivity index is 1.55. The molecular formula is C28H34N2O6. The highest BCUT2D eigenvalue weighted by molar-refractivity contribution is 6.01. The van der Waals surface area contributed by atoms with Crippen LogP contribution in [0, 0.1) is 0 Å². The van der Waals surface area contributed by atoms with E-state index in [4.69, 9.17) is 23.4 Å². The molecule has 1 aromatic heterocycles. The number of methoxy groups -OCH3 is 3. The SMILES string of the molecule is COc1ccc(OC)c(-c2coc3cc(OC)c(/C(C)=C/C(=O)NCCCN4CCOCC4)cc23)c1. The van der Waals surface area contributed by atoms with Gasteiger partial charge in [0.1, 0.15) is 22.8 Å². The fourth-order valence-corrected chi connectivity index (χ4v) is 4.43. The number of furan rings is 1. The molecule has 0 radical (unpaired) electrons. The molecule has 2 heterocycles. The third-order valence-corrected chi connectivity index (χ3v) is 6.42. The van der Waals surface area contributed by atoms with Crippen LogP contribution in [0.4, 0.5) is 0 Å². The van der Waals surface area contributed by atoms with Gasteiger partial charge in [-0.3, -0.25) is 9.69 Å². The Hall–Kier alpha value is -3.49. The third-order valence-electron chi connectivity index (χ3n) is 6.42. The molecule has 8 nitrogen and oxygen atoms in total. The van der Waals surface area contributed by atoms with Gasteiger partial charge in [0, 0.05) is 53.9 Å². The van der Waals surface area contributed by atoms with Crippen LogP contribution in [-0.2, 0) is 9.53 Å². The van der Waals surface area contributed by atoms with E-state index < -0.39 is 0 Å². The summed E-state index contributed by atoms with van der Waals surface area (Å²) in [6.45, 7) is 6.95. The Morgan fingerprint density at radius 1 is 1.03 bits per heavy atom. The predicted molar refractivity (Wildman–Crippen MR) is 140 cm³/mol. The van der Waals surface area contributed by atoms with Gasteiger partial charge in [-0.1, -0.05) is 0 Å². The monoisotopic (exact) mass is 494 g/mol. The number of hydrogen-bond acceptors (Lipinski definition) is 7. The maximum atomic E-state index is 12.6. The van der Waals surface area contributed by atoms with Crippen molar-refractivity contribution in [3.05, 3.63) is 48.2 Å². The zero-order chi connectivity index (χ0) is 25.5. The highest BCUT2D eigenvalue weighted by Crippen LogP contribution is 2.41. The first kappa shape index (κ1) is 25.6. The first-order valence-electron chi connectivity index (χ1n) is 12.1. The van der Waals surface area contributed by atoms with E-state index in [-0.39, 0.29) is 5.91 Å². The molecular weight excluding hydrogens is 460 g/mol.